The van der Waals surface area contributed by atoms with Crippen LogP contribution in [0, 0.1) is 12.7 Å². The van der Waals surface area contributed by atoms with Gasteiger partial charge in [0.05, 0.1) is 16.8 Å². The Hall–Kier alpha value is -2.62. The third kappa shape index (κ3) is 2.44. The average Bonchev–Trinajstić information content (AvgIpc) is 2.58. The highest BCUT2D eigenvalue weighted by atomic mass is 19.1. The van der Waals surface area contributed by atoms with Crippen LogP contribution in [0.3, 0.4) is 0 Å². The molecule has 0 N–H and O–H groups in total. The molecule has 4 heteroatoms. The van der Waals surface area contributed by atoms with Gasteiger partial charge in [0, 0.05) is 22.4 Å². The van der Waals surface area contributed by atoms with E-state index in [1.807, 2.05) is 58.0 Å². The molecule has 0 radical (unpaired) electrons. The molecule has 3 nitrogen and oxygen atoms in total. The molecule has 2 aromatic carbocycles. The molecule has 0 saturated carbocycles. The Morgan fingerprint density at radius 1 is 1.04 bits per heavy atom. The van der Waals surface area contributed by atoms with Gasteiger partial charge in [0.1, 0.15) is 11.5 Å². The lowest BCUT2D eigenvalue weighted by molar-refractivity contribution is 0.417. The lowest BCUT2D eigenvalue weighted by atomic mass is 9.77. The van der Waals surface area contributed by atoms with E-state index in [1.54, 1.807) is 6.07 Å². The van der Waals surface area contributed by atoms with Gasteiger partial charge in [-0.15, -0.1) is 10.2 Å². The summed E-state index contributed by atoms with van der Waals surface area (Å²) in [5.41, 5.74) is 4.49. The van der Waals surface area contributed by atoms with Crippen LogP contribution < -0.4 is 0 Å². The van der Waals surface area contributed by atoms with E-state index in [1.165, 1.54) is 6.07 Å². The Morgan fingerprint density at radius 2 is 1.80 bits per heavy atom. The lowest BCUT2D eigenvalue weighted by Gasteiger charge is -2.35. The molecule has 0 bridgehead atoms. The monoisotopic (exact) mass is 333 g/mol. The Bertz CT molecular complexity index is 1020. The van der Waals surface area contributed by atoms with Crippen LogP contribution >= 0.6 is 0 Å². The SMILES string of the molecule is Cc1cccc2cc(C3=NC(C)(C)C(C)c4c(F)cccc43)nnc12. The first-order valence-electron chi connectivity index (χ1n) is 8.50. The maximum absolute atomic E-state index is 14.6. The van der Waals surface area contributed by atoms with Crippen molar-refractivity contribution < 1.29 is 4.39 Å². The normalized spacial score (nSPS) is 18.8. The average molecular weight is 333 g/mol. The van der Waals surface area contributed by atoms with E-state index in [2.05, 4.69) is 10.2 Å². The molecule has 1 unspecified atom stereocenters. The maximum Gasteiger partial charge on any atom is 0.127 e. The van der Waals surface area contributed by atoms with Crippen LogP contribution in [0.5, 0.6) is 0 Å². The Kier molecular flexibility index (Phi) is 3.46. The van der Waals surface area contributed by atoms with Gasteiger partial charge in [0.2, 0.25) is 0 Å². The van der Waals surface area contributed by atoms with Crippen LogP contribution in [0.1, 0.15) is 49.1 Å². The molecule has 1 aliphatic heterocycles. The summed E-state index contributed by atoms with van der Waals surface area (Å²) >= 11 is 0. The molecule has 0 aliphatic carbocycles. The first-order chi connectivity index (χ1) is 11.9. The van der Waals surface area contributed by atoms with Gasteiger partial charge in [0.15, 0.2) is 0 Å². The summed E-state index contributed by atoms with van der Waals surface area (Å²) in [4.78, 5) is 4.92. The molecule has 0 fully saturated rings. The lowest BCUT2D eigenvalue weighted by Crippen LogP contribution is -2.34. The van der Waals surface area contributed by atoms with Gasteiger partial charge < -0.3 is 0 Å². The molecule has 3 aromatic rings. The molecule has 0 saturated heterocycles. The van der Waals surface area contributed by atoms with E-state index in [0.29, 0.717) is 17.0 Å². The van der Waals surface area contributed by atoms with Gasteiger partial charge in [-0.1, -0.05) is 37.3 Å². The van der Waals surface area contributed by atoms with Crippen molar-refractivity contribution in [2.45, 2.75) is 39.2 Å². The standard InChI is InChI=1S/C21H20FN3/c1-12-7-5-8-14-11-17(24-25-19(12)14)20-15-9-6-10-16(22)18(15)13(2)21(3,4)23-20/h5-11,13H,1-4H3. The van der Waals surface area contributed by atoms with Crippen LogP contribution in [-0.4, -0.2) is 21.4 Å². The van der Waals surface area contributed by atoms with E-state index in [-0.39, 0.29) is 11.7 Å². The smallest absolute Gasteiger partial charge is 0.127 e. The summed E-state index contributed by atoms with van der Waals surface area (Å²) in [6, 6.07) is 13.2. The van der Waals surface area contributed by atoms with Gasteiger partial charge in [-0.2, -0.15) is 0 Å². The number of hydrogen-bond donors (Lipinski definition) is 0. The number of aromatic nitrogens is 2. The van der Waals surface area contributed by atoms with Crippen LogP contribution in [-0.2, 0) is 0 Å². The predicted octanol–water partition coefficient (Wildman–Crippen LogP) is 4.81. The van der Waals surface area contributed by atoms with Gasteiger partial charge in [-0.05, 0) is 38.5 Å². The second-order valence-corrected chi connectivity index (χ2v) is 7.28. The van der Waals surface area contributed by atoms with Crippen molar-refractivity contribution in [2.75, 3.05) is 0 Å². The van der Waals surface area contributed by atoms with Gasteiger partial charge >= 0.3 is 0 Å². The van der Waals surface area contributed by atoms with Gasteiger partial charge in [0.25, 0.3) is 0 Å². The number of benzene rings is 2. The van der Waals surface area contributed by atoms with E-state index in [9.17, 15) is 4.39 Å². The predicted molar refractivity (Wildman–Crippen MR) is 98.8 cm³/mol. The molecule has 1 atom stereocenters. The summed E-state index contributed by atoms with van der Waals surface area (Å²) < 4.78 is 14.6. The van der Waals surface area contributed by atoms with Crippen LogP contribution in [0.15, 0.2) is 47.5 Å². The highest BCUT2D eigenvalue weighted by Gasteiger charge is 2.36. The number of aryl methyl sites for hydroxylation is 1. The van der Waals surface area contributed by atoms with Crippen molar-refractivity contribution in [1.82, 2.24) is 10.2 Å². The largest absolute Gasteiger partial charge is 0.276 e. The quantitative estimate of drug-likeness (QED) is 0.641. The molecule has 4 rings (SSSR count). The maximum atomic E-state index is 14.6. The van der Waals surface area contributed by atoms with Crippen molar-refractivity contribution in [3.63, 3.8) is 0 Å². The highest BCUT2D eigenvalue weighted by Crippen LogP contribution is 2.40. The fourth-order valence-corrected chi connectivity index (χ4v) is 3.51. The number of halogens is 1. The number of fused-ring (bicyclic) bond motifs is 2. The molecule has 2 heterocycles. The molecule has 1 aromatic heterocycles. The van der Waals surface area contributed by atoms with Gasteiger partial charge in [-0.25, -0.2) is 4.39 Å². The van der Waals surface area contributed by atoms with Crippen LogP contribution in [0.2, 0.25) is 0 Å². The van der Waals surface area contributed by atoms with E-state index in [0.717, 1.165) is 22.0 Å². The first kappa shape index (κ1) is 15.9. The number of rotatable bonds is 1. The van der Waals surface area contributed by atoms with E-state index in [4.69, 9.17) is 4.99 Å². The third-order valence-electron chi connectivity index (χ3n) is 5.26. The van der Waals surface area contributed by atoms with Crippen LogP contribution in [0.4, 0.5) is 4.39 Å². The minimum Gasteiger partial charge on any atom is -0.276 e. The molecule has 0 amide bonds. The zero-order valence-electron chi connectivity index (χ0n) is 14.8. The number of nitrogens with zero attached hydrogens (tertiary/aromatic N) is 3. The Labute approximate surface area is 146 Å². The zero-order valence-corrected chi connectivity index (χ0v) is 14.8. The van der Waals surface area contributed by atoms with Crippen molar-refractivity contribution in [2.24, 2.45) is 4.99 Å². The molecule has 1 aliphatic rings. The second-order valence-electron chi connectivity index (χ2n) is 7.28. The number of hydrogen-bond acceptors (Lipinski definition) is 3. The van der Waals surface area contributed by atoms with E-state index < -0.39 is 5.54 Å². The summed E-state index contributed by atoms with van der Waals surface area (Å²) in [5.74, 6) is -0.196. The first-order valence-corrected chi connectivity index (χ1v) is 8.50. The highest BCUT2D eigenvalue weighted by molar-refractivity contribution is 6.14. The Morgan fingerprint density at radius 3 is 2.60 bits per heavy atom. The summed E-state index contributed by atoms with van der Waals surface area (Å²) in [5, 5.41) is 9.82. The minimum absolute atomic E-state index is 0.0110. The number of aliphatic imine (C=N–C) groups is 1. The fourth-order valence-electron chi connectivity index (χ4n) is 3.51. The third-order valence-corrected chi connectivity index (χ3v) is 5.26. The molecule has 25 heavy (non-hydrogen) atoms. The summed E-state index contributed by atoms with van der Waals surface area (Å²) in [6.07, 6.45) is 0. The zero-order chi connectivity index (χ0) is 17.8. The second kappa shape index (κ2) is 5.45. The Balaban J connectivity index is 1.97. The van der Waals surface area contributed by atoms with Gasteiger partial charge in [-0.3, -0.25) is 4.99 Å². The molecule has 0 spiro atoms. The van der Waals surface area contributed by atoms with Crippen molar-refractivity contribution in [1.29, 1.82) is 0 Å². The van der Waals surface area contributed by atoms with Crippen molar-refractivity contribution in [3.8, 4) is 0 Å². The minimum atomic E-state index is -0.409. The van der Waals surface area contributed by atoms with Crippen molar-refractivity contribution >= 4 is 16.6 Å². The summed E-state index contributed by atoms with van der Waals surface area (Å²) in [7, 11) is 0. The summed E-state index contributed by atoms with van der Waals surface area (Å²) in [6.45, 7) is 8.11. The fraction of sp³-hybridized carbons (Fsp3) is 0.286. The molecule has 126 valence electrons. The van der Waals surface area contributed by atoms with Crippen LogP contribution in [0.25, 0.3) is 10.9 Å². The molecular weight excluding hydrogens is 313 g/mol. The topological polar surface area (TPSA) is 38.1 Å². The molecular formula is C21H20FN3. The van der Waals surface area contributed by atoms with E-state index >= 15 is 0 Å². The van der Waals surface area contributed by atoms with Crippen molar-refractivity contribution in [3.05, 3.63) is 70.7 Å².